The second-order valence-corrected chi connectivity index (χ2v) is 8.39. The zero-order chi connectivity index (χ0) is 13.4. The van der Waals surface area contributed by atoms with E-state index in [9.17, 15) is 9.67 Å². The van der Waals surface area contributed by atoms with Gasteiger partial charge in [0.15, 0.2) is 0 Å². The van der Waals surface area contributed by atoms with Crippen LogP contribution >= 0.6 is 7.14 Å². The average Bonchev–Trinajstić information content (AvgIpc) is 2.40. The molecule has 4 heteroatoms. The van der Waals surface area contributed by atoms with E-state index in [0.717, 1.165) is 6.54 Å². The highest BCUT2D eigenvalue weighted by Crippen LogP contribution is 2.44. The van der Waals surface area contributed by atoms with E-state index in [1.54, 1.807) is 0 Å². The molecule has 0 saturated heterocycles. The third-order valence-electron chi connectivity index (χ3n) is 3.25. The quantitative estimate of drug-likeness (QED) is 0.713. The van der Waals surface area contributed by atoms with Gasteiger partial charge in [0.05, 0.1) is 13.2 Å². The first kappa shape index (κ1) is 15.4. The lowest BCUT2D eigenvalue weighted by Gasteiger charge is -2.19. The summed E-state index contributed by atoms with van der Waals surface area (Å²) >= 11 is 0. The van der Waals surface area contributed by atoms with Crippen molar-refractivity contribution in [2.45, 2.75) is 26.5 Å². The van der Waals surface area contributed by atoms with Crippen LogP contribution in [0.2, 0.25) is 0 Å². The molecule has 1 unspecified atom stereocenters. The SMILES string of the molecule is CCP(=O)(CC)CC(O)CNCc1ccccc1. The highest BCUT2D eigenvalue weighted by atomic mass is 31.2. The minimum Gasteiger partial charge on any atom is -0.391 e. The molecule has 0 aliphatic heterocycles. The first-order chi connectivity index (χ1) is 8.59. The summed E-state index contributed by atoms with van der Waals surface area (Å²) in [7, 11) is -2.14. The molecule has 0 radical (unpaired) electrons. The number of benzene rings is 1. The fraction of sp³-hybridized carbons (Fsp3) is 0.571. The van der Waals surface area contributed by atoms with Gasteiger partial charge in [-0.25, -0.2) is 0 Å². The van der Waals surface area contributed by atoms with Gasteiger partial charge in [0.1, 0.15) is 0 Å². The van der Waals surface area contributed by atoms with Gasteiger partial charge in [-0.3, -0.25) is 0 Å². The Morgan fingerprint density at radius 3 is 2.39 bits per heavy atom. The fourth-order valence-electron chi connectivity index (χ4n) is 1.91. The van der Waals surface area contributed by atoms with Gasteiger partial charge < -0.3 is 15.0 Å². The highest BCUT2D eigenvalue weighted by Gasteiger charge is 2.21. The molecule has 1 atom stereocenters. The smallest absolute Gasteiger partial charge is 0.0897 e. The summed E-state index contributed by atoms with van der Waals surface area (Å²) in [6, 6.07) is 10.1. The van der Waals surface area contributed by atoms with Crippen molar-refractivity contribution in [1.82, 2.24) is 5.32 Å². The lowest BCUT2D eigenvalue weighted by atomic mass is 10.2. The maximum atomic E-state index is 12.2. The Morgan fingerprint density at radius 1 is 1.22 bits per heavy atom. The molecule has 1 rings (SSSR count). The van der Waals surface area contributed by atoms with Gasteiger partial charge in [-0.2, -0.15) is 0 Å². The number of hydrogen-bond acceptors (Lipinski definition) is 3. The van der Waals surface area contributed by atoms with Crippen LogP contribution in [0, 0.1) is 0 Å². The van der Waals surface area contributed by atoms with E-state index in [1.165, 1.54) is 5.56 Å². The van der Waals surface area contributed by atoms with Gasteiger partial charge in [0.2, 0.25) is 0 Å². The minimum absolute atomic E-state index is 0.432. The van der Waals surface area contributed by atoms with Gasteiger partial charge in [-0.15, -0.1) is 0 Å². The topological polar surface area (TPSA) is 49.3 Å². The second kappa shape index (κ2) is 7.73. The van der Waals surface area contributed by atoms with E-state index in [1.807, 2.05) is 44.2 Å². The molecule has 0 saturated carbocycles. The molecule has 0 aliphatic rings. The van der Waals surface area contributed by atoms with Crippen molar-refractivity contribution in [3.8, 4) is 0 Å². The number of aliphatic hydroxyl groups is 1. The van der Waals surface area contributed by atoms with Crippen LogP contribution in [-0.2, 0) is 11.1 Å². The summed E-state index contributed by atoms with van der Waals surface area (Å²) in [4.78, 5) is 0. The zero-order valence-corrected chi connectivity index (χ0v) is 12.2. The van der Waals surface area contributed by atoms with Gasteiger partial charge in [0.25, 0.3) is 0 Å². The first-order valence-corrected chi connectivity index (χ1v) is 8.85. The molecule has 0 spiro atoms. The number of rotatable bonds is 8. The molecule has 0 fully saturated rings. The summed E-state index contributed by atoms with van der Waals surface area (Å²) in [6.45, 7) is 5.11. The van der Waals surface area contributed by atoms with Crippen LogP contribution in [0.5, 0.6) is 0 Å². The molecule has 1 aromatic rings. The van der Waals surface area contributed by atoms with E-state index in [4.69, 9.17) is 0 Å². The molecule has 0 heterocycles. The monoisotopic (exact) mass is 269 g/mol. The lowest BCUT2D eigenvalue weighted by Crippen LogP contribution is -2.29. The van der Waals surface area contributed by atoms with Crippen molar-refractivity contribution in [3.05, 3.63) is 35.9 Å². The van der Waals surface area contributed by atoms with Crippen LogP contribution in [0.4, 0.5) is 0 Å². The van der Waals surface area contributed by atoms with Crippen LogP contribution in [0.1, 0.15) is 19.4 Å². The summed E-state index contributed by atoms with van der Waals surface area (Å²) in [5.41, 5.74) is 1.19. The van der Waals surface area contributed by atoms with Crippen LogP contribution in [0.25, 0.3) is 0 Å². The minimum atomic E-state index is -2.14. The molecule has 2 N–H and O–H groups in total. The Kier molecular flexibility index (Phi) is 6.62. The molecular weight excluding hydrogens is 245 g/mol. The molecule has 3 nitrogen and oxygen atoms in total. The third-order valence-corrected chi connectivity index (χ3v) is 6.64. The van der Waals surface area contributed by atoms with E-state index in [0.29, 0.717) is 25.0 Å². The lowest BCUT2D eigenvalue weighted by molar-refractivity contribution is 0.193. The Hall–Kier alpha value is -0.630. The van der Waals surface area contributed by atoms with Gasteiger partial charge in [0, 0.05) is 19.3 Å². The zero-order valence-electron chi connectivity index (χ0n) is 11.3. The first-order valence-electron chi connectivity index (χ1n) is 6.59. The van der Waals surface area contributed by atoms with Crippen molar-refractivity contribution in [2.24, 2.45) is 0 Å². The molecule has 102 valence electrons. The molecule has 0 amide bonds. The van der Waals surface area contributed by atoms with E-state index in [2.05, 4.69) is 5.32 Å². The summed E-state index contributed by atoms with van der Waals surface area (Å²) in [5.74, 6) is 0. The van der Waals surface area contributed by atoms with Crippen LogP contribution in [-0.4, -0.2) is 36.2 Å². The van der Waals surface area contributed by atoms with Crippen molar-refractivity contribution in [1.29, 1.82) is 0 Å². The van der Waals surface area contributed by atoms with E-state index in [-0.39, 0.29) is 0 Å². The van der Waals surface area contributed by atoms with Crippen LogP contribution < -0.4 is 5.32 Å². The predicted molar refractivity (Wildman–Crippen MR) is 77.7 cm³/mol. The Morgan fingerprint density at radius 2 is 1.83 bits per heavy atom. The summed E-state index contributed by atoms with van der Waals surface area (Å²) < 4.78 is 12.2. The molecule has 18 heavy (non-hydrogen) atoms. The molecule has 0 aromatic heterocycles. The maximum absolute atomic E-state index is 12.2. The molecule has 1 aromatic carbocycles. The van der Waals surface area contributed by atoms with Crippen LogP contribution in [0.15, 0.2) is 30.3 Å². The second-order valence-electron chi connectivity index (χ2n) is 4.64. The maximum Gasteiger partial charge on any atom is 0.0897 e. The van der Waals surface area contributed by atoms with Gasteiger partial charge in [-0.1, -0.05) is 44.2 Å². The third kappa shape index (κ3) is 5.34. The molecular formula is C14H24NO2P. The predicted octanol–water partition coefficient (Wildman–Crippen LogP) is 2.54. The molecule has 0 aliphatic carbocycles. The summed E-state index contributed by atoms with van der Waals surface area (Å²) in [6.07, 6.45) is 1.28. The van der Waals surface area contributed by atoms with Crippen molar-refractivity contribution < 1.29 is 9.67 Å². The standard InChI is InChI=1S/C14H24NO2P/c1-3-18(17,4-2)12-14(16)11-15-10-13-8-6-5-7-9-13/h5-9,14-16H,3-4,10-12H2,1-2H3. The van der Waals surface area contributed by atoms with Gasteiger partial charge in [-0.05, 0) is 17.9 Å². The largest absolute Gasteiger partial charge is 0.391 e. The number of hydrogen-bond donors (Lipinski definition) is 2. The van der Waals surface area contributed by atoms with E-state index < -0.39 is 13.2 Å². The Bertz CT molecular complexity index is 373. The Balaban J connectivity index is 2.29. The van der Waals surface area contributed by atoms with Gasteiger partial charge >= 0.3 is 0 Å². The van der Waals surface area contributed by atoms with Crippen molar-refractivity contribution in [2.75, 3.05) is 25.0 Å². The summed E-state index contributed by atoms with van der Waals surface area (Å²) in [5, 5.41) is 13.1. The molecule has 0 bridgehead atoms. The number of aliphatic hydroxyl groups excluding tert-OH is 1. The van der Waals surface area contributed by atoms with E-state index >= 15 is 0 Å². The average molecular weight is 269 g/mol. The fourth-order valence-corrected chi connectivity index (χ4v) is 3.77. The Labute approximate surface area is 110 Å². The highest BCUT2D eigenvalue weighted by molar-refractivity contribution is 7.63. The van der Waals surface area contributed by atoms with Crippen molar-refractivity contribution in [3.63, 3.8) is 0 Å². The normalized spacial score (nSPS) is 13.5. The van der Waals surface area contributed by atoms with Crippen molar-refractivity contribution >= 4 is 7.14 Å². The van der Waals surface area contributed by atoms with Crippen LogP contribution in [0.3, 0.4) is 0 Å². The number of nitrogens with one attached hydrogen (secondary N) is 1.